The molecule has 0 bridgehead atoms. The minimum absolute atomic E-state index is 0.207. The number of hydrogen-bond acceptors (Lipinski definition) is 3. The first-order valence-electron chi connectivity index (χ1n) is 10.8. The van der Waals surface area contributed by atoms with Gasteiger partial charge in [0.1, 0.15) is 0 Å². The standard InChI is InChI=1S/C27H27N3O2/c1-4-29(3)27(28-21-11-7-6-8-12-21)32-22(19-31)17-20-15-16-26-24(18-20)23-13-9-10-14-25(23)30(26)5-2/h6-19H,4-5H2,1-3H3/b22-17+,28-27?. The highest BCUT2D eigenvalue weighted by atomic mass is 16.5. The number of carbonyl (C=O) groups is 1. The van der Waals surface area contributed by atoms with Crippen LogP contribution in [-0.2, 0) is 16.1 Å². The Labute approximate surface area is 188 Å². The Kier molecular flexibility index (Phi) is 6.36. The average molecular weight is 426 g/mol. The van der Waals surface area contributed by atoms with Gasteiger partial charge >= 0.3 is 0 Å². The molecule has 5 heteroatoms. The number of aryl methyl sites for hydroxylation is 1. The van der Waals surface area contributed by atoms with Crippen molar-refractivity contribution in [1.29, 1.82) is 0 Å². The maximum Gasteiger partial charge on any atom is 0.297 e. The fraction of sp³-hybridized carbons (Fsp3) is 0.185. The largest absolute Gasteiger partial charge is 0.422 e. The van der Waals surface area contributed by atoms with E-state index in [0.717, 1.165) is 29.5 Å². The Bertz CT molecular complexity index is 1300. The predicted molar refractivity (Wildman–Crippen MR) is 132 cm³/mol. The highest BCUT2D eigenvalue weighted by molar-refractivity contribution is 6.08. The van der Waals surface area contributed by atoms with E-state index in [4.69, 9.17) is 4.74 Å². The molecule has 0 N–H and O–H groups in total. The topological polar surface area (TPSA) is 46.8 Å². The van der Waals surface area contributed by atoms with Crippen molar-refractivity contribution in [2.24, 2.45) is 4.99 Å². The van der Waals surface area contributed by atoms with Gasteiger partial charge in [0.2, 0.25) is 0 Å². The lowest BCUT2D eigenvalue weighted by molar-refractivity contribution is -0.106. The smallest absolute Gasteiger partial charge is 0.297 e. The van der Waals surface area contributed by atoms with Crippen LogP contribution in [0.2, 0.25) is 0 Å². The average Bonchev–Trinajstić information content (AvgIpc) is 3.16. The first-order chi connectivity index (χ1) is 15.6. The van der Waals surface area contributed by atoms with Gasteiger partial charge in [0.15, 0.2) is 12.0 Å². The fourth-order valence-electron chi connectivity index (χ4n) is 3.79. The van der Waals surface area contributed by atoms with E-state index in [1.807, 2.05) is 55.3 Å². The van der Waals surface area contributed by atoms with Crippen molar-refractivity contribution < 1.29 is 9.53 Å². The van der Waals surface area contributed by atoms with Crippen LogP contribution in [0.5, 0.6) is 0 Å². The van der Waals surface area contributed by atoms with Gasteiger partial charge < -0.3 is 14.2 Å². The molecule has 0 aliphatic carbocycles. The number of allylic oxidation sites excluding steroid dienone is 1. The van der Waals surface area contributed by atoms with Gasteiger partial charge in [-0.15, -0.1) is 0 Å². The number of amidine groups is 1. The van der Waals surface area contributed by atoms with Gasteiger partial charge in [-0.3, -0.25) is 4.79 Å². The van der Waals surface area contributed by atoms with Crippen LogP contribution in [0.15, 0.2) is 83.5 Å². The zero-order chi connectivity index (χ0) is 22.5. The lowest BCUT2D eigenvalue weighted by atomic mass is 10.1. The molecule has 4 aromatic rings. The van der Waals surface area contributed by atoms with Gasteiger partial charge in [-0.2, -0.15) is 4.99 Å². The van der Waals surface area contributed by atoms with E-state index in [2.05, 4.69) is 52.9 Å². The third kappa shape index (κ3) is 4.28. The molecule has 0 amide bonds. The third-order valence-corrected chi connectivity index (χ3v) is 5.53. The summed E-state index contributed by atoms with van der Waals surface area (Å²) in [5.74, 6) is 0.207. The Hall–Kier alpha value is -3.86. The number of hydrogen-bond donors (Lipinski definition) is 0. The van der Waals surface area contributed by atoms with Gasteiger partial charge in [0.05, 0.1) is 5.69 Å². The number of para-hydroxylation sites is 2. The SMILES string of the molecule is CCN(C)C(=Nc1ccccc1)O/C(C=O)=C/c1ccc2c(c1)c1ccccc1n2CC. The van der Waals surface area contributed by atoms with E-state index >= 15 is 0 Å². The molecule has 0 fully saturated rings. The lowest BCUT2D eigenvalue weighted by Gasteiger charge is -2.19. The maximum atomic E-state index is 11.9. The lowest BCUT2D eigenvalue weighted by Crippen LogP contribution is -2.28. The molecule has 3 aromatic carbocycles. The summed E-state index contributed by atoms with van der Waals surface area (Å²) in [7, 11) is 1.88. The van der Waals surface area contributed by atoms with Crippen LogP contribution in [0.1, 0.15) is 19.4 Å². The molecule has 5 nitrogen and oxygen atoms in total. The van der Waals surface area contributed by atoms with Gasteiger partial charge in [-0.05, 0) is 55.8 Å². The summed E-state index contributed by atoms with van der Waals surface area (Å²) in [5.41, 5.74) is 4.05. The second-order valence-corrected chi connectivity index (χ2v) is 7.55. The minimum Gasteiger partial charge on any atom is -0.422 e. The summed E-state index contributed by atoms with van der Waals surface area (Å²) >= 11 is 0. The van der Waals surface area contributed by atoms with E-state index in [9.17, 15) is 4.79 Å². The van der Waals surface area contributed by atoms with Crippen LogP contribution in [0.3, 0.4) is 0 Å². The molecule has 0 aliphatic rings. The first-order valence-corrected chi connectivity index (χ1v) is 10.8. The quantitative estimate of drug-likeness (QED) is 0.125. The molecule has 0 unspecified atom stereocenters. The van der Waals surface area contributed by atoms with Crippen molar-refractivity contribution in [3.05, 3.63) is 84.1 Å². The van der Waals surface area contributed by atoms with Crippen molar-refractivity contribution in [1.82, 2.24) is 9.47 Å². The number of ether oxygens (including phenoxy) is 1. The van der Waals surface area contributed by atoms with Crippen LogP contribution >= 0.6 is 0 Å². The van der Waals surface area contributed by atoms with Crippen LogP contribution in [0.4, 0.5) is 5.69 Å². The molecule has 0 saturated carbocycles. The summed E-state index contributed by atoms with van der Waals surface area (Å²) in [5, 5.41) is 2.36. The van der Waals surface area contributed by atoms with Crippen molar-refractivity contribution in [2.75, 3.05) is 13.6 Å². The highest BCUT2D eigenvalue weighted by Gasteiger charge is 2.12. The molecule has 4 rings (SSSR count). The summed E-state index contributed by atoms with van der Waals surface area (Å²) in [4.78, 5) is 18.3. The van der Waals surface area contributed by atoms with Crippen LogP contribution < -0.4 is 0 Å². The number of aliphatic imine (C=N–C) groups is 1. The van der Waals surface area contributed by atoms with E-state index in [1.165, 1.54) is 16.4 Å². The molecule has 162 valence electrons. The number of benzene rings is 3. The monoisotopic (exact) mass is 425 g/mol. The van der Waals surface area contributed by atoms with E-state index in [0.29, 0.717) is 12.6 Å². The summed E-state index contributed by atoms with van der Waals surface area (Å²) in [6.07, 6.45) is 2.48. The Morgan fingerprint density at radius 2 is 1.69 bits per heavy atom. The van der Waals surface area contributed by atoms with Crippen LogP contribution in [-0.4, -0.2) is 35.4 Å². The number of carbonyl (C=O) groups excluding carboxylic acids is 1. The molecule has 0 saturated heterocycles. The number of nitrogens with zero attached hydrogens (tertiary/aromatic N) is 3. The molecule has 1 aromatic heterocycles. The number of aromatic nitrogens is 1. The summed E-state index contributed by atoms with van der Waals surface area (Å²) in [6, 6.07) is 24.5. The van der Waals surface area contributed by atoms with E-state index in [1.54, 1.807) is 6.08 Å². The zero-order valence-electron chi connectivity index (χ0n) is 18.7. The van der Waals surface area contributed by atoms with Crippen LogP contribution in [0, 0.1) is 0 Å². The number of rotatable bonds is 6. The molecule has 0 spiro atoms. The van der Waals surface area contributed by atoms with Crippen LogP contribution in [0.25, 0.3) is 27.9 Å². The van der Waals surface area contributed by atoms with Crippen molar-refractivity contribution in [2.45, 2.75) is 20.4 Å². The summed E-state index contributed by atoms with van der Waals surface area (Å²) in [6.45, 7) is 5.74. The minimum atomic E-state index is 0.207. The Morgan fingerprint density at radius 3 is 2.41 bits per heavy atom. The van der Waals surface area contributed by atoms with E-state index in [-0.39, 0.29) is 5.76 Å². The molecule has 0 atom stereocenters. The normalized spacial score (nSPS) is 12.3. The second kappa shape index (κ2) is 9.52. The molecule has 0 radical (unpaired) electrons. The molecular formula is C27H27N3O2. The number of aldehydes is 1. The zero-order valence-corrected chi connectivity index (χ0v) is 18.7. The maximum absolute atomic E-state index is 11.9. The molecule has 0 aliphatic heterocycles. The Balaban J connectivity index is 1.73. The van der Waals surface area contributed by atoms with Crippen molar-refractivity contribution in [3.63, 3.8) is 0 Å². The van der Waals surface area contributed by atoms with Gasteiger partial charge in [0.25, 0.3) is 6.02 Å². The third-order valence-electron chi connectivity index (χ3n) is 5.53. The first kappa shape index (κ1) is 21.4. The van der Waals surface area contributed by atoms with Gasteiger partial charge in [-0.1, -0.05) is 42.5 Å². The fourth-order valence-corrected chi connectivity index (χ4v) is 3.79. The van der Waals surface area contributed by atoms with Crippen molar-refractivity contribution >= 4 is 45.9 Å². The Morgan fingerprint density at radius 1 is 0.969 bits per heavy atom. The second-order valence-electron chi connectivity index (χ2n) is 7.55. The van der Waals surface area contributed by atoms with Crippen molar-refractivity contribution in [3.8, 4) is 0 Å². The molecule has 1 heterocycles. The number of fused-ring (bicyclic) bond motifs is 3. The molecule has 32 heavy (non-hydrogen) atoms. The molecular weight excluding hydrogens is 398 g/mol. The predicted octanol–water partition coefficient (Wildman–Crippen LogP) is 6.01. The highest BCUT2D eigenvalue weighted by Crippen LogP contribution is 2.30. The summed E-state index contributed by atoms with van der Waals surface area (Å²) < 4.78 is 8.25. The van der Waals surface area contributed by atoms with Gasteiger partial charge in [-0.25, -0.2) is 0 Å². The van der Waals surface area contributed by atoms with E-state index < -0.39 is 0 Å². The van der Waals surface area contributed by atoms with Gasteiger partial charge in [0, 0.05) is 41.9 Å².